The van der Waals surface area contributed by atoms with Gasteiger partial charge in [0.25, 0.3) is 5.91 Å². The summed E-state index contributed by atoms with van der Waals surface area (Å²) in [5, 5.41) is 8.41. The summed E-state index contributed by atoms with van der Waals surface area (Å²) in [6, 6.07) is 18.1. The maximum atomic E-state index is 13.0. The lowest BCUT2D eigenvalue weighted by molar-refractivity contribution is -0.00173. The van der Waals surface area contributed by atoms with Crippen LogP contribution in [0.2, 0.25) is 0 Å². The van der Waals surface area contributed by atoms with Gasteiger partial charge in [0.1, 0.15) is 6.10 Å². The fourth-order valence-electron chi connectivity index (χ4n) is 3.72. The van der Waals surface area contributed by atoms with Crippen molar-refractivity contribution >= 4 is 11.6 Å². The van der Waals surface area contributed by atoms with E-state index in [9.17, 15) is 4.79 Å². The van der Waals surface area contributed by atoms with Crippen LogP contribution < -0.4 is 4.90 Å². The van der Waals surface area contributed by atoms with Gasteiger partial charge in [-0.3, -0.25) is 4.79 Å². The molecule has 0 fully saturated rings. The minimum Gasteiger partial charge on any atom is -0.365 e. The molecule has 2 aliphatic heterocycles. The second-order valence-electron chi connectivity index (χ2n) is 6.61. The second-order valence-corrected chi connectivity index (χ2v) is 6.61. The number of ether oxygens (including phenoxy) is 1. The summed E-state index contributed by atoms with van der Waals surface area (Å²) in [6.45, 7) is 1.58. The Morgan fingerprint density at radius 1 is 1.08 bits per heavy atom. The topological polar surface area (TPSA) is 60.3 Å². The maximum Gasteiger partial charge on any atom is 0.280 e. The predicted octanol–water partition coefficient (Wildman–Crippen LogP) is 2.75. The van der Waals surface area contributed by atoms with Crippen LogP contribution in [0, 0.1) is 0 Å². The molecule has 0 saturated heterocycles. The summed E-state index contributed by atoms with van der Waals surface area (Å²) < 4.78 is 7.80. The van der Waals surface area contributed by atoms with Crippen LogP contribution in [0.15, 0.2) is 54.6 Å². The van der Waals surface area contributed by atoms with Crippen molar-refractivity contribution in [2.75, 3.05) is 11.4 Å². The minimum atomic E-state index is -0.0991. The van der Waals surface area contributed by atoms with Gasteiger partial charge < -0.3 is 9.64 Å². The third-order valence-corrected chi connectivity index (χ3v) is 5.10. The van der Waals surface area contributed by atoms with Crippen molar-refractivity contribution in [2.45, 2.75) is 25.7 Å². The van der Waals surface area contributed by atoms with E-state index in [1.807, 2.05) is 48.5 Å². The molecule has 26 heavy (non-hydrogen) atoms. The molecule has 6 heteroatoms. The van der Waals surface area contributed by atoms with Gasteiger partial charge in [-0.25, -0.2) is 4.68 Å². The van der Waals surface area contributed by atoms with Gasteiger partial charge in [0.2, 0.25) is 0 Å². The number of rotatable bonds is 2. The average molecular weight is 346 g/mol. The van der Waals surface area contributed by atoms with Gasteiger partial charge in [-0.2, -0.15) is 0 Å². The highest BCUT2D eigenvalue weighted by atomic mass is 16.5. The van der Waals surface area contributed by atoms with Crippen LogP contribution in [-0.4, -0.2) is 27.4 Å². The SMILES string of the molecule is O=C(c1nnn2c1CO[C@H](c1ccccc1)C2)N1CCc2ccccc21. The Kier molecular flexibility index (Phi) is 3.57. The standard InChI is InChI=1S/C20H18N4O2/c25-20(23-11-10-14-6-4-5-9-16(14)23)19-17-13-26-18(12-24(17)22-21-19)15-7-2-1-3-8-15/h1-9,18H,10-13H2/t18-/m0/s1. The lowest BCUT2D eigenvalue weighted by Crippen LogP contribution is -2.31. The van der Waals surface area contributed by atoms with Crippen LogP contribution in [0.25, 0.3) is 0 Å². The number of anilines is 1. The molecule has 0 bridgehead atoms. The molecule has 6 nitrogen and oxygen atoms in total. The molecular weight excluding hydrogens is 328 g/mol. The highest BCUT2D eigenvalue weighted by Crippen LogP contribution is 2.31. The molecule has 3 aromatic rings. The van der Waals surface area contributed by atoms with Crippen LogP contribution >= 0.6 is 0 Å². The Hall–Kier alpha value is -2.99. The fourth-order valence-corrected chi connectivity index (χ4v) is 3.72. The first-order chi connectivity index (χ1) is 12.8. The van der Waals surface area contributed by atoms with Crippen LogP contribution in [0.3, 0.4) is 0 Å². The molecular formula is C20H18N4O2. The zero-order valence-corrected chi connectivity index (χ0v) is 14.2. The fraction of sp³-hybridized carbons (Fsp3) is 0.250. The zero-order chi connectivity index (χ0) is 17.5. The van der Waals surface area contributed by atoms with E-state index in [-0.39, 0.29) is 12.0 Å². The maximum absolute atomic E-state index is 13.0. The third kappa shape index (κ3) is 2.42. The van der Waals surface area contributed by atoms with Gasteiger partial charge in [-0.15, -0.1) is 5.10 Å². The molecule has 0 unspecified atom stereocenters. The molecule has 0 N–H and O–H groups in total. The number of aromatic nitrogens is 3. The summed E-state index contributed by atoms with van der Waals surface area (Å²) >= 11 is 0. The summed E-state index contributed by atoms with van der Waals surface area (Å²) in [5.41, 5.74) is 4.43. The van der Waals surface area contributed by atoms with E-state index >= 15 is 0 Å². The molecule has 0 saturated carbocycles. The smallest absolute Gasteiger partial charge is 0.280 e. The number of fused-ring (bicyclic) bond motifs is 2. The van der Waals surface area contributed by atoms with E-state index < -0.39 is 0 Å². The van der Waals surface area contributed by atoms with E-state index in [4.69, 9.17) is 4.74 Å². The van der Waals surface area contributed by atoms with Crippen molar-refractivity contribution in [3.63, 3.8) is 0 Å². The normalized spacial score (nSPS) is 18.5. The zero-order valence-electron chi connectivity index (χ0n) is 14.2. The van der Waals surface area contributed by atoms with Crippen LogP contribution in [0.5, 0.6) is 0 Å². The third-order valence-electron chi connectivity index (χ3n) is 5.10. The molecule has 3 heterocycles. The Morgan fingerprint density at radius 2 is 1.88 bits per heavy atom. The molecule has 1 amide bonds. The monoisotopic (exact) mass is 346 g/mol. The quantitative estimate of drug-likeness (QED) is 0.716. The molecule has 0 aliphatic carbocycles. The van der Waals surface area contributed by atoms with E-state index in [1.54, 1.807) is 9.58 Å². The summed E-state index contributed by atoms with van der Waals surface area (Å²) in [4.78, 5) is 14.8. The van der Waals surface area contributed by atoms with E-state index in [0.29, 0.717) is 25.4 Å². The number of amides is 1. The first-order valence-corrected chi connectivity index (χ1v) is 8.80. The van der Waals surface area contributed by atoms with Crippen LogP contribution in [0.4, 0.5) is 5.69 Å². The van der Waals surface area contributed by atoms with Crippen molar-refractivity contribution in [3.05, 3.63) is 77.1 Å². The summed E-state index contributed by atoms with van der Waals surface area (Å²) in [7, 11) is 0. The number of hydrogen-bond acceptors (Lipinski definition) is 4. The molecule has 5 rings (SSSR count). The average Bonchev–Trinajstić information content (AvgIpc) is 3.32. The molecule has 1 atom stereocenters. The number of carbonyl (C=O) groups excluding carboxylic acids is 1. The number of para-hydroxylation sites is 1. The molecule has 2 aromatic carbocycles. The Morgan fingerprint density at radius 3 is 2.77 bits per heavy atom. The first kappa shape index (κ1) is 15.3. The van der Waals surface area contributed by atoms with Crippen molar-refractivity contribution in [3.8, 4) is 0 Å². The first-order valence-electron chi connectivity index (χ1n) is 8.80. The van der Waals surface area contributed by atoms with Crippen molar-refractivity contribution < 1.29 is 9.53 Å². The molecule has 130 valence electrons. The summed E-state index contributed by atoms with van der Waals surface area (Å²) in [5.74, 6) is -0.0991. The van der Waals surface area contributed by atoms with E-state index in [0.717, 1.165) is 23.4 Å². The van der Waals surface area contributed by atoms with Gasteiger partial charge in [0.05, 0.1) is 18.8 Å². The lowest BCUT2D eigenvalue weighted by atomic mass is 10.1. The number of nitrogens with zero attached hydrogens (tertiary/aromatic N) is 4. The molecule has 2 aliphatic rings. The van der Waals surface area contributed by atoms with Crippen molar-refractivity contribution in [2.24, 2.45) is 0 Å². The Bertz CT molecular complexity index is 967. The number of hydrogen-bond donors (Lipinski definition) is 0. The van der Waals surface area contributed by atoms with Crippen molar-refractivity contribution in [1.29, 1.82) is 0 Å². The van der Waals surface area contributed by atoms with Crippen molar-refractivity contribution in [1.82, 2.24) is 15.0 Å². The van der Waals surface area contributed by atoms with Gasteiger partial charge in [0.15, 0.2) is 5.69 Å². The Labute approximate surface area is 151 Å². The van der Waals surface area contributed by atoms with Gasteiger partial charge in [-0.05, 0) is 23.6 Å². The minimum absolute atomic E-state index is 0.0686. The molecule has 0 radical (unpaired) electrons. The van der Waals surface area contributed by atoms with E-state index in [2.05, 4.69) is 16.4 Å². The lowest BCUT2D eigenvalue weighted by Gasteiger charge is -2.24. The van der Waals surface area contributed by atoms with Gasteiger partial charge in [-0.1, -0.05) is 53.7 Å². The Balaban J connectivity index is 1.42. The largest absolute Gasteiger partial charge is 0.365 e. The molecule has 1 aromatic heterocycles. The second kappa shape index (κ2) is 6.07. The number of benzene rings is 2. The summed E-state index contributed by atoms with van der Waals surface area (Å²) in [6.07, 6.45) is 0.804. The van der Waals surface area contributed by atoms with Crippen LogP contribution in [-0.2, 0) is 24.3 Å². The highest BCUT2D eigenvalue weighted by molar-refractivity contribution is 6.06. The highest BCUT2D eigenvalue weighted by Gasteiger charge is 2.32. The number of carbonyl (C=O) groups is 1. The predicted molar refractivity (Wildman–Crippen MR) is 95.8 cm³/mol. The molecule has 0 spiro atoms. The van der Waals surface area contributed by atoms with Crippen LogP contribution in [0.1, 0.15) is 33.4 Å². The van der Waals surface area contributed by atoms with Gasteiger partial charge in [0, 0.05) is 12.2 Å². The van der Waals surface area contributed by atoms with Gasteiger partial charge >= 0.3 is 0 Å². The van der Waals surface area contributed by atoms with E-state index in [1.165, 1.54) is 5.56 Å².